The van der Waals surface area contributed by atoms with Crippen molar-refractivity contribution in [2.24, 2.45) is 0 Å². The zero-order chi connectivity index (χ0) is 5.98. The van der Waals surface area contributed by atoms with Crippen molar-refractivity contribution in [2.45, 2.75) is 0 Å². The average molecular weight is 173 g/mol. The van der Waals surface area contributed by atoms with Gasteiger partial charge in [0.1, 0.15) is 18.3 Å². The third kappa shape index (κ3) is 0.949. The predicted molar refractivity (Wildman–Crippen MR) is 33.0 cm³/mol. The molecule has 0 unspecified atom stereocenters. The van der Waals surface area contributed by atoms with E-state index in [2.05, 4.69) is 32.1 Å². The van der Waals surface area contributed by atoms with Gasteiger partial charge in [-0.25, -0.2) is 9.97 Å². The van der Waals surface area contributed by atoms with Gasteiger partial charge < -0.3 is 5.73 Å². The van der Waals surface area contributed by atoms with Crippen molar-refractivity contribution in [1.82, 2.24) is 9.97 Å². The number of aromatic nitrogens is 2. The zero-order valence-corrected chi connectivity index (χ0v) is 5.51. The van der Waals surface area contributed by atoms with E-state index < -0.39 is 0 Å². The van der Waals surface area contributed by atoms with Gasteiger partial charge in [0.05, 0.1) is 4.47 Å². The maximum absolute atomic E-state index is 5.29. The normalized spacial score (nSPS) is 9.12. The number of hydrogen-bond acceptors (Lipinski definition) is 3. The van der Waals surface area contributed by atoms with Crippen LogP contribution < -0.4 is 5.73 Å². The summed E-state index contributed by atoms with van der Waals surface area (Å²) in [4.78, 5) is 7.25. The Morgan fingerprint density at radius 2 is 2.50 bits per heavy atom. The molecule has 0 aliphatic heterocycles. The highest BCUT2D eigenvalue weighted by Gasteiger charge is 1.90. The Balaban J connectivity index is 3.13. The molecule has 3 nitrogen and oxygen atoms in total. The van der Waals surface area contributed by atoms with Crippen LogP contribution in [0.3, 0.4) is 0 Å². The van der Waals surface area contributed by atoms with Gasteiger partial charge in [0, 0.05) is 0 Å². The Labute approximate surface area is 55.1 Å². The molecule has 8 heavy (non-hydrogen) atoms. The van der Waals surface area contributed by atoms with Crippen molar-refractivity contribution in [3.63, 3.8) is 0 Å². The van der Waals surface area contributed by atoms with Crippen LogP contribution in [0, 0.1) is 6.20 Å². The second-order valence-electron chi connectivity index (χ2n) is 1.18. The van der Waals surface area contributed by atoms with Gasteiger partial charge >= 0.3 is 0 Å². The molecule has 0 saturated heterocycles. The summed E-state index contributed by atoms with van der Waals surface area (Å²) >= 11 is 3.09. The van der Waals surface area contributed by atoms with E-state index in [1.54, 1.807) is 0 Å². The minimum Gasteiger partial charge on any atom is -0.383 e. The van der Waals surface area contributed by atoms with Gasteiger partial charge in [0.25, 0.3) is 0 Å². The molecule has 0 atom stereocenters. The Hall–Kier alpha value is -0.640. The maximum Gasteiger partial charge on any atom is 0.141 e. The van der Waals surface area contributed by atoms with Crippen molar-refractivity contribution in [2.75, 3.05) is 5.73 Å². The molecule has 1 heterocycles. The first-order chi connectivity index (χ1) is 3.80. The van der Waals surface area contributed by atoms with Gasteiger partial charge in [-0.2, -0.15) is 0 Å². The van der Waals surface area contributed by atoms with Crippen LogP contribution in [0.25, 0.3) is 0 Å². The van der Waals surface area contributed by atoms with Gasteiger partial charge in [-0.1, -0.05) is 0 Å². The van der Waals surface area contributed by atoms with Crippen LogP contribution in [-0.4, -0.2) is 9.97 Å². The van der Waals surface area contributed by atoms with E-state index in [1.165, 1.54) is 6.33 Å². The van der Waals surface area contributed by atoms with Crippen molar-refractivity contribution < 1.29 is 0 Å². The smallest absolute Gasteiger partial charge is 0.141 e. The van der Waals surface area contributed by atoms with Crippen molar-refractivity contribution in [3.8, 4) is 0 Å². The number of anilines is 1. The quantitative estimate of drug-likeness (QED) is 0.625. The third-order valence-electron chi connectivity index (χ3n) is 0.642. The highest BCUT2D eigenvalue weighted by Crippen LogP contribution is 2.11. The molecule has 0 amide bonds. The largest absolute Gasteiger partial charge is 0.383 e. The Bertz CT molecular complexity index is 167. The fourth-order valence-corrected chi connectivity index (χ4v) is 0.495. The summed E-state index contributed by atoms with van der Waals surface area (Å²) in [7, 11) is 0. The van der Waals surface area contributed by atoms with E-state index in [0.29, 0.717) is 10.3 Å². The lowest BCUT2D eigenvalue weighted by Crippen LogP contribution is -1.90. The molecule has 2 N–H and O–H groups in total. The first-order valence-electron chi connectivity index (χ1n) is 1.94. The lowest BCUT2D eigenvalue weighted by molar-refractivity contribution is 1.15. The highest BCUT2D eigenvalue weighted by atomic mass is 79.9. The number of rotatable bonds is 0. The number of nitrogen functional groups attached to an aromatic ring is 1. The van der Waals surface area contributed by atoms with E-state index in [9.17, 15) is 0 Å². The summed E-state index contributed by atoms with van der Waals surface area (Å²) in [6.45, 7) is 0. The van der Waals surface area contributed by atoms with Crippen molar-refractivity contribution in [1.29, 1.82) is 0 Å². The fraction of sp³-hybridized carbons (Fsp3) is 0. The SMILES string of the molecule is Nc1ncn[c]c1Br. The van der Waals surface area contributed by atoms with Crippen LogP contribution >= 0.6 is 15.9 Å². The van der Waals surface area contributed by atoms with E-state index in [4.69, 9.17) is 5.73 Å². The number of nitrogens with zero attached hydrogens (tertiary/aromatic N) is 2. The summed E-state index contributed by atoms with van der Waals surface area (Å²) in [6, 6.07) is 0. The van der Waals surface area contributed by atoms with Crippen LogP contribution in [0.15, 0.2) is 10.8 Å². The number of nitrogens with two attached hydrogens (primary N) is 1. The Morgan fingerprint density at radius 1 is 1.75 bits per heavy atom. The van der Waals surface area contributed by atoms with Crippen molar-refractivity contribution in [3.05, 3.63) is 17.0 Å². The molecule has 4 heteroatoms. The molecule has 1 aromatic rings. The minimum atomic E-state index is 0.417. The van der Waals surface area contributed by atoms with E-state index in [0.717, 1.165) is 0 Å². The topological polar surface area (TPSA) is 51.8 Å². The number of halogens is 1. The van der Waals surface area contributed by atoms with Gasteiger partial charge in [0.15, 0.2) is 0 Å². The van der Waals surface area contributed by atoms with Gasteiger partial charge in [-0.3, -0.25) is 0 Å². The second kappa shape index (κ2) is 2.09. The molecule has 0 aromatic carbocycles. The standard InChI is InChI=1S/C4H3BrN3/c5-3-1-7-2-8-4(3)6/h2H,(H2,6,7,8). The van der Waals surface area contributed by atoms with Crippen LogP contribution in [0.4, 0.5) is 5.82 Å². The molecule has 1 rings (SSSR count). The molecular formula is C4H3BrN3. The lowest BCUT2D eigenvalue weighted by Gasteiger charge is -1.88. The van der Waals surface area contributed by atoms with Crippen molar-refractivity contribution >= 4 is 21.7 Å². The molecule has 0 bridgehead atoms. The summed E-state index contributed by atoms with van der Waals surface area (Å²) in [5.41, 5.74) is 5.29. The van der Waals surface area contributed by atoms with E-state index >= 15 is 0 Å². The minimum absolute atomic E-state index is 0.417. The third-order valence-corrected chi connectivity index (χ3v) is 1.23. The Kier molecular flexibility index (Phi) is 1.43. The van der Waals surface area contributed by atoms with Gasteiger partial charge in [-0.15, -0.1) is 0 Å². The van der Waals surface area contributed by atoms with Gasteiger partial charge in [-0.05, 0) is 15.9 Å². The molecule has 0 fully saturated rings. The molecule has 0 saturated carbocycles. The molecule has 0 spiro atoms. The molecular weight excluding hydrogens is 170 g/mol. The lowest BCUT2D eigenvalue weighted by atomic mass is 10.6. The summed E-state index contributed by atoms with van der Waals surface area (Å²) in [5.74, 6) is 0.417. The van der Waals surface area contributed by atoms with Crippen LogP contribution in [0.2, 0.25) is 0 Å². The van der Waals surface area contributed by atoms with Crippen LogP contribution in [0.5, 0.6) is 0 Å². The first-order valence-corrected chi connectivity index (χ1v) is 2.73. The molecule has 0 aliphatic rings. The molecule has 41 valence electrons. The second-order valence-corrected chi connectivity index (χ2v) is 1.98. The number of hydrogen-bond donors (Lipinski definition) is 1. The van der Waals surface area contributed by atoms with Gasteiger partial charge in [0.2, 0.25) is 0 Å². The average Bonchev–Trinajstić information content (AvgIpc) is 1.77. The zero-order valence-electron chi connectivity index (χ0n) is 3.93. The Morgan fingerprint density at radius 3 is 2.88 bits per heavy atom. The molecule has 0 aliphatic carbocycles. The maximum atomic E-state index is 5.29. The highest BCUT2D eigenvalue weighted by molar-refractivity contribution is 9.10. The monoisotopic (exact) mass is 172 g/mol. The summed E-state index contributed by atoms with van der Waals surface area (Å²) in [6.07, 6.45) is 3.93. The van der Waals surface area contributed by atoms with E-state index in [-0.39, 0.29) is 0 Å². The molecule has 1 aromatic heterocycles. The predicted octanol–water partition coefficient (Wildman–Crippen LogP) is 0.621. The fourth-order valence-electron chi connectivity index (χ4n) is 0.291. The first kappa shape index (κ1) is 5.50. The molecule has 1 radical (unpaired) electrons. The van der Waals surface area contributed by atoms with E-state index in [1.807, 2.05) is 0 Å². The summed E-state index contributed by atoms with van der Waals surface area (Å²) < 4.78 is 0.611. The summed E-state index contributed by atoms with van der Waals surface area (Å²) in [5, 5.41) is 0. The van der Waals surface area contributed by atoms with Crippen LogP contribution in [-0.2, 0) is 0 Å². The van der Waals surface area contributed by atoms with Crippen LogP contribution in [0.1, 0.15) is 0 Å².